The summed E-state index contributed by atoms with van der Waals surface area (Å²) in [6, 6.07) is 0. The van der Waals surface area contributed by atoms with E-state index >= 15 is 0 Å². The maximum Gasteiger partial charge on any atom is 0.00176 e. The molecule has 0 amide bonds. The fourth-order valence-electron chi connectivity index (χ4n) is 2.53. The molecule has 3 atom stereocenters. The van der Waals surface area contributed by atoms with Crippen molar-refractivity contribution in [2.45, 2.75) is 40.0 Å². The minimum absolute atomic E-state index is 0.805. The molecule has 1 aliphatic rings. The minimum atomic E-state index is 0.805. The molecule has 0 spiro atoms. The van der Waals surface area contributed by atoms with Gasteiger partial charge in [-0.1, -0.05) is 27.2 Å². The van der Waals surface area contributed by atoms with Crippen molar-refractivity contribution < 1.29 is 0 Å². The summed E-state index contributed by atoms with van der Waals surface area (Å²) in [7, 11) is 0. The Morgan fingerprint density at radius 3 is 2.60 bits per heavy atom. The molecule has 0 N–H and O–H groups in total. The van der Waals surface area contributed by atoms with Crippen molar-refractivity contribution >= 4 is 12.6 Å². The summed E-state index contributed by atoms with van der Waals surface area (Å²) in [5.74, 6) is 3.65. The summed E-state index contributed by atoms with van der Waals surface area (Å²) in [4.78, 5) is 2.65. The Balaban J connectivity index is 2.31. The van der Waals surface area contributed by atoms with Gasteiger partial charge >= 0.3 is 0 Å². The number of hydrogen-bond acceptors (Lipinski definition) is 2. The number of thiol groups is 1. The van der Waals surface area contributed by atoms with Gasteiger partial charge in [0, 0.05) is 13.1 Å². The first-order valence-corrected chi connectivity index (χ1v) is 7.13. The molecule has 0 aliphatic carbocycles. The van der Waals surface area contributed by atoms with Gasteiger partial charge in [0.2, 0.25) is 0 Å². The van der Waals surface area contributed by atoms with Crippen LogP contribution in [0.1, 0.15) is 40.0 Å². The van der Waals surface area contributed by atoms with E-state index in [2.05, 4.69) is 38.3 Å². The van der Waals surface area contributed by atoms with Crippen molar-refractivity contribution in [1.82, 2.24) is 4.90 Å². The molecule has 1 rings (SSSR count). The van der Waals surface area contributed by atoms with Gasteiger partial charge in [-0.25, -0.2) is 0 Å². The fraction of sp³-hybridized carbons (Fsp3) is 1.00. The van der Waals surface area contributed by atoms with E-state index in [-0.39, 0.29) is 0 Å². The van der Waals surface area contributed by atoms with E-state index in [1.54, 1.807) is 0 Å². The molecule has 0 aromatic heterocycles. The van der Waals surface area contributed by atoms with E-state index in [1.807, 2.05) is 0 Å². The molecule has 0 aromatic carbocycles. The summed E-state index contributed by atoms with van der Waals surface area (Å²) in [5, 5.41) is 0. The third-order valence-corrected chi connectivity index (χ3v) is 4.41. The van der Waals surface area contributed by atoms with Gasteiger partial charge in [0.05, 0.1) is 0 Å². The van der Waals surface area contributed by atoms with Crippen LogP contribution < -0.4 is 0 Å². The third-order valence-electron chi connectivity index (χ3n) is 3.89. The fourth-order valence-corrected chi connectivity index (χ4v) is 2.83. The Labute approximate surface area is 101 Å². The first-order valence-electron chi connectivity index (χ1n) is 6.50. The lowest BCUT2D eigenvalue weighted by atomic mass is 9.88. The molecule has 1 nitrogen and oxygen atoms in total. The highest BCUT2D eigenvalue weighted by Gasteiger charge is 2.23. The zero-order chi connectivity index (χ0) is 11.3. The second-order valence-corrected chi connectivity index (χ2v) is 5.71. The van der Waals surface area contributed by atoms with Crippen LogP contribution in [0.25, 0.3) is 0 Å². The van der Waals surface area contributed by atoms with Crippen LogP contribution >= 0.6 is 12.6 Å². The average molecular weight is 229 g/mol. The summed E-state index contributed by atoms with van der Waals surface area (Å²) in [6.45, 7) is 10.9. The Hall–Kier alpha value is 0.310. The first-order chi connectivity index (χ1) is 7.17. The summed E-state index contributed by atoms with van der Waals surface area (Å²) in [5.41, 5.74) is 0. The van der Waals surface area contributed by atoms with Crippen LogP contribution in [-0.4, -0.2) is 30.3 Å². The molecular formula is C13H27NS. The van der Waals surface area contributed by atoms with E-state index in [0.29, 0.717) is 0 Å². The van der Waals surface area contributed by atoms with Crippen LogP contribution in [0.5, 0.6) is 0 Å². The van der Waals surface area contributed by atoms with Gasteiger partial charge in [0.15, 0.2) is 0 Å². The van der Waals surface area contributed by atoms with Crippen molar-refractivity contribution in [2.24, 2.45) is 17.8 Å². The summed E-state index contributed by atoms with van der Waals surface area (Å²) >= 11 is 4.46. The van der Waals surface area contributed by atoms with Crippen molar-refractivity contribution in [3.8, 4) is 0 Å². The summed E-state index contributed by atoms with van der Waals surface area (Å²) in [6.07, 6.45) is 4.02. The van der Waals surface area contributed by atoms with Crippen molar-refractivity contribution in [2.75, 3.05) is 25.4 Å². The molecule has 3 unspecified atom stereocenters. The zero-order valence-corrected chi connectivity index (χ0v) is 11.5. The second kappa shape index (κ2) is 6.80. The van der Waals surface area contributed by atoms with Gasteiger partial charge in [-0.15, -0.1) is 0 Å². The molecule has 2 heteroatoms. The molecule has 1 fully saturated rings. The molecule has 1 heterocycles. The highest BCUT2D eigenvalue weighted by atomic mass is 32.1. The monoisotopic (exact) mass is 229 g/mol. The van der Waals surface area contributed by atoms with Crippen LogP contribution in [-0.2, 0) is 0 Å². The van der Waals surface area contributed by atoms with E-state index in [9.17, 15) is 0 Å². The molecule has 1 saturated heterocycles. The Kier molecular flexibility index (Phi) is 6.06. The van der Waals surface area contributed by atoms with Crippen molar-refractivity contribution in [3.63, 3.8) is 0 Å². The second-order valence-electron chi connectivity index (χ2n) is 5.34. The topological polar surface area (TPSA) is 3.24 Å². The third kappa shape index (κ3) is 4.36. The van der Waals surface area contributed by atoms with E-state index in [0.717, 1.165) is 23.5 Å². The largest absolute Gasteiger partial charge is 0.303 e. The minimum Gasteiger partial charge on any atom is -0.303 e. The van der Waals surface area contributed by atoms with Gasteiger partial charge in [-0.05, 0) is 42.9 Å². The van der Waals surface area contributed by atoms with Crippen LogP contribution in [0.3, 0.4) is 0 Å². The summed E-state index contributed by atoms with van der Waals surface area (Å²) < 4.78 is 0. The standard InChI is InChI=1S/C13H27NS/c1-4-5-13(10-15)9-14-7-6-11(2)12(3)8-14/h11-13,15H,4-10H2,1-3H3. The van der Waals surface area contributed by atoms with Gasteiger partial charge in [0.1, 0.15) is 0 Å². The lowest BCUT2D eigenvalue weighted by Gasteiger charge is -2.37. The van der Waals surface area contributed by atoms with E-state index in [4.69, 9.17) is 0 Å². The molecule has 1 aliphatic heterocycles. The van der Waals surface area contributed by atoms with Gasteiger partial charge in [0.25, 0.3) is 0 Å². The number of hydrogen-bond donors (Lipinski definition) is 1. The maximum atomic E-state index is 4.46. The molecule has 15 heavy (non-hydrogen) atoms. The van der Waals surface area contributed by atoms with Gasteiger partial charge in [-0.3, -0.25) is 0 Å². The predicted molar refractivity (Wildman–Crippen MR) is 71.6 cm³/mol. The number of nitrogens with zero attached hydrogens (tertiary/aromatic N) is 1. The number of piperidine rings is 1. The number of likely N-dealkylation sites (tertiary alicyclic amines) is 1. The maximum absolute atomic E-state index is 4.46. The van der Waals surface area contributed by atoms with Crippen molar-refractivity contribution in [1.29, 1.82) is 0 Å². The zero-order valence-electron chi connectivity index (χ0n) is 10.6. The highest BCUT2D eigenvalue weighted by molar-refractivity contribution is 7.80. The highest BCUT2D eigenvalue weighted by Crippen LogP contribution is 2.23. The van der Waals surface area contributed by atoms with Crippen LogP contribution in [0.15, 0.2) is 0 Å². The van der Waals surface area contributed by atoms with Crippen LogP contribution in [0.2, 0.25) is 0 Å². The van der Waals surface area contributed by atoms with Crippen LogP contribution in [0, 0.1) is 17.8 Å². The lowest BCUT2D eigenvalue weighted by Crippen LogP contribution is -2.41. The molecular weight excluding hydrogens is 202 g/mol. The van der Waals surface area contributed by atoms with Crippen LogP contribution in [0.4, 0.5) is 0 Å². The Morgan fingerprint density at radius 1 is 1.33 bits per heavy atom. The van der Waals surface area contributed by atoms with E-state index < -0.39 is 0 Å². The van der Waals surface area contributed by atoms with Crippen molar-refractivity contribution in [3.05, 3.63) is 0 Å². The quantitative estimate of drug-likeness (QED) is 0.708. The molecule has 0 saturated carbocycles. The smallest absolute Gasteiger partial charge is 0.00176 e. The Morgan fingerprint density at radius 2 is 2.07 bits per heavy atom. The van der Waals surface area contributed by atoms with Gasteiger partial charge in [-0.2, -0.15) is 12.6 Å². The molecule has 0 radical (unpaired) electrons. The van der Waals surface area contributed by atoms with Gasteiger partial charge < -0.3 is 4.90 Å². The van der Waals surface area contributed by atoms with E-state index in [1.165, 1.54) is 38.9 Å². The lowest BCUT2D eigenvalue weighted by molar-refractivity contribution is 0.122. The molecule has 90 valence electrons. The first kappa shape index (κ1) is 13.4. The molecule has 0 bridgehead atoms. The number of rotatable bonds is 5. The Bertz CT molecular complexity index is 172. The normalized spacial score (nSPS) is 30.4. The average Bonchev–Trinajstić information content (AvgIpc) is 2.23. The SMILES string of the molecule is CCCC(CS)CN1CCC(C)C(C)C1. The predicted octanol–water partition coefficient (Wildman–Crippen LogP) is 3.31. The molecule has 0 aromatic rings.